The number of halogens is 4. The zero-order chi connectivity index (χ0) is 22.2. The summed E-state index contributed by atoms with van der Waals surface area (Å²) >= 11 is 6.06. The van der Waals surface area contributed by atoms with Crippen molar-refractivity contribution in [3.05, 3.63) is 58.1 Å². The lowest BCUT2D eigenvalue weighted by Crippen LogP contribution is -2.46. The number of nitrogens with zero attached hydrogens (tertiary/aromatic N) is 1. The van der Waals surface area contributed by atoms with Gasteiger partial charge >= 0.3 is 6.18 Å². The minimum atomic E-state index is -4.56. The second-order valence-corrected chi connectivity index (χ2v) is 8.60. The molecule has 1 fully saturated rings. The quantitative estimate of drug-likeness (QED) is 0.701. The van der Waals surface area contributed by atoms with Crippen LogP contribution in [-0.2, 0) is 18.2 Å². The third-order valence-electron chi connectivity index (χ3n) is 6.25. The summed E-state index contributed by atoms with van der Waals surface area (Å²) < 4.78 is 51.2. The smallest absolute Gasteiger partial charge is 0.417 e. The van der Waals surface area contributed by atoms with Crippen molar-refractivity contribution >= 4 is 11.6 Å². The average molecular weight is 456 g/mol. The molecule has 31 heavy (non-hydrogen) atoms. The summed E-state index contributed by atoms with van der Waals surface area (Å²) in [7, 11) is 1.62. The SMILES string of the molecule is COc1cccc2c1OC(CN1CCC(O)(c3cccc(C(F)(F)F)c3Cl)CC1)CC2. The van der Waals surface area contributed by atoms with Crippen LogP contribution in [0.2, 0.25) is 5.02 Å². The molecule has 1 saturated heterocycles. The van der Waals surface area contributed by atoms with Gasteiger partial charge in [-0.3, -0.25) is 4.90 Å². The van der Waals surface area contributed by atoms with E-state index < -0.39 is 22.4 Å². The minimum Gasteiger partial charge on any atom is -0.493 e. The van der Waals surface area contributed by atoms with Crippen LogP contribution < -0.4 is 9.47 Å². The normalized spacial score (nSPS) is 21.3. The number of hydrogen-bond donors (Lipinski definition) is 1. The molecule has 0 saturated carbocycles. The fourth-order valence-corrected chi connectivity index (χ4v) is 4.91. The monoisotopic (exact) mass is 455 g/mol. The van der Waals surface area contributed by atoms with Crippen LogP contribution in [-0.4, -0.2) is 42.9 Å². The van der Waals surface area contributed by atoms with Gasteiger partial charge in [0.2, 0.25) is 0 Å². The first kappa shape index (κ1) is 22.2. The predicted octanol–water partition coefficient (Wildman–Crippen LogP) is 5.04. The fraction of sp³-hybridized carbons (Fsp3) is 0.478. The van der Waals surface area contributed by atoms with Crippen molar-refractivity contribution in [1.29, 1.82) is 0 Å². The van der Waals surface area contributed by atoms with Gasteiger partial charge in [0, 0.05) is 25.2 Å². The zero-order valence-corrected chi connectivity index (χ0v) is 18.0. The van der Waals surface area contributed by atoms with Crippen molar-refractivity contribution in [3.63, 3.8) is 0 Å². The Bertz CT molecular complexity index is 928. The van der Waals surface area contributed by atoms with Crippen LogP contribution in [0.5, 0.6) is 11.5 Å². The molecule has 0 aliphatic carbocycles. The lowest BCUT2D eigenvalue weighted by atomic mass is 9.83. The van der Waals surface area contributed by atoms with Crippen LogP contribution in [0.15, 0.2) is 36.4 Å². The molecule has 0 radical (unpaired) electrons. The summed E-state index contributed by atoms with van der Waals surface area (Å²) in [5.74, 6) is 1.50. The van der Waals surface area contributed by atoms with Crippen molar-refractivity contribution < 1.29 is 27.8 Å². The van der Waals surface area contributed by atoms with E-state index in [1.165, 1.54) is 12.1 Å². The summed E-state index contributed by atoms with van der Waals surface area (Å²) in [4.78, 5) is 2.18. The van der Waals surface area contributed by atoms with E-state index in [9.17, 15) is 18.3 Å². The van der Waals surface area contributed by atoms with E-state index in [2.05, 4.69) is 4.90 Å². The molecule has 2 aromatic rings. The molecule has 2 aliphatic heterocycles. The number of fused-ring (bicyclic) bond motifs is 1. The number of alkyl halides is 3. The Morgan fingerprint density at radius 2 is 1.90 bits per heavy atom. The Hall–Kier alpha value is -1.96. The second-order valence-electron chi connectivity index (χ2n) is 8.22. The van der Waals surface area contributed by atoms with E-state index in [0.29, 0.717) is 32.5 Å². The number of likely N-dealkylation sites (tertiary alicyclic amines) is 1. The summed E-state index contributed by atoms with van der Waals surface area (Å²) in [5, 5.41) is 10.7. The average Bonchev–Trinajstić information content (AvgIpc) is 2.74. The highest BCUT2D eigenvalue weighted by Gasteiger charge is 2.40. The number of aliphatic hydroxyl groups is 1. The van der Waals surface area contributed by atoms with Crippen molar-refractivity contribution in [1.82, 2.24) is 4.90 Å². The molecule has 1 unspecified atom stereocenters. The summed E-state index contributed by atoms with van der Waals surface area (Å²) in [6.45, 7) is 1.77. The molecule has 2 aromatic carbocycles. The molecular formula is C23H25ClF3NO3. The van der Waals surface area contributed by atoms with Gasteiger partial charge in [-0.25, -0.2) is 0 Å². The predicted molar refractivity (Wildman–Crippen MR) is 112 cm³/mol. The van der Waals surface area contributed by atoms with Gasteiger partial charge in [0.1, 0.15) is 6.10 Å². The van der Waals surface area contributed by atoms with Crippen LogP contribution in [0.1, 0.15) is 36.0 Å². The molecule has 8 heteroatoms. The summed E-state index contributed by atoms with van der Waals surface area (Å²) in [6.07, 6.45) is -2.18. The van der Waals surface area contributed by atoms with Crippen molar-refractivity contribution in [2.45, 2.75) is 43.6 Å². The molecule has 0 bridgehead atoms. The maximum absolute atomic E-state index is 13.2. The Morgan fingerprint density at radius 3 is 2.58 bits per heavy atom. The highest BCUT2D eigenvalue weighted by Crippen LogP contribution is 2.43. The highest BCUT2D eigenvalue weighted by molar-refractivity contribution is 6.32. The van der Waals surface area contributed by atoms with Crippen LogP contribution >= 0.6 is 11.6 Å². The van der Waals surface area contributed by atoms with E-state index >= 15 is 0 Å². The standard InChI is InChI=1S/C23H25ClF3NO3/c1-30-19-7-2-4-15-8-9-16(31-21(15)19)14-28-12-10-22(29,11-13-28)17-5-3-6-18(20(17)24)23(25,26)27/h2-7,16,29H,8-14H2,1H3. The van der Waals surface area contributed by atoms with E-state index in [-0.39, 0.29) is 11.7 Å². The first-order valence-corrected chi connectivity index (χ1v) is 10.7. The van der Waals surface area contributed by atoms with E-state index in [1.54, 1.807) is 7.11 Å². The fourth-order valence-electron chi connectivity index (χ4n) is 4.50. The third-order valence-corrected chi connectivity index (χ3v) is 6.66. The number of rotatable bonds is 4. The Kier molecular flexibility index (Phi) is 6.12. The van der Waals surface area contributed by atoms with Gasteiger partial charge in [-0.1, -0.05) is 35.9 Å². The van der Waals surface area contributed by atoms with Gasteiger partial charge < -0.3 is 14.6 Å². The van der Waals surface area contributed by atoms with Crippen LogP contribution in [0.3, 0.4) is 0 Å². The van der Waals surface area contributed by atoms with Crippen LogP contribution in [0, 0.1) is 0 Å². The molecule has 2 heterocycles. The Labute approximate surface area is 184 Å². The van der Waals surface area contributed by atoms with Gasteiger partial charge in [0.15, 0.2) is 11.5 Å². The van der Waals surface area contributed by atoms with Gasteiger partial charge in [-0.05, 0) is 43.4 Å². The van der Waals surface area contributed by atoms with E-state index in [4.69, 9.17) is 21.1 Å². The zero-order valence-electron chi connectivity index (χ0n) is 17.2. The number of para-hydroxylation sites is 1. The molecule has 0 amide bonds. The first-order chi connectivity index (χ1) is 14.7. The Morgan fingerprint density at radius 1 is 1.19 bits per heavy atom. The molecule has 4 rings (SSSR count). The molecule has 1 atom stereocenters. The highest BCUT2D eigenvalue weighted by atomic mass is 35.5. The first-order valence-electron chi connectivity index (χ1n) is 10.3. The van der Waals surface area contributed by atoms with E-state index in [1.807, 2.05) is 18.2 Å². The Balaban J connectivity index is 1.42. The number of aryl methyl sites for hydroxylation is 1. The van der Waals surface area contributed by atoms with Crippen LogP contribution in [0.25, 0.3) is 0 Å². The summed E-state index contributed by atoms with van der Waals surface area (Å²) in [6, 6.07) is 9.59. The lowest BCUT2D eigenvalue weighted by molar-refractivity contribution is -0.137. The molecule has 168 valence electrons. The maximum Gasteiger partial charge on any atom is 0.417 e. The van der Waals surface area contributed by atoms with Gasteiger partial charge in [0.05, 0.1) is 23.3 Å². The molecule has 1 N–H and O–H groups in total. The lowest BCUT2D eigenvalue weighted by Gasteiger charge is -2.40. The topological polar surface area (TPSA) is 41.9 Å². The third kappa shape index (κ3) is 4.49. The van der Waals surface area contributed by atoms with Gasteiger partial charge in [0.25, 0.3) is 0 Å². The number of methoxy groups -OCH3 is 1. The molecule has 0 spiro atoms. The molecular weight excluding hydrogens is 431 g/mol. The van der Waals surface area contributed by atoms with Crippen molar-refractivity contribution in [3.8, 4) is 11.5 Å². The second kappa shape index (κ2) is 8.52. The number of benzene rings is 2. The number of hydrogen-bond acceptors (Lipinski definition) is 4. The number of ether oxygens (including phenoxy) is 2. The minimum absolute atomic E-state index is 0.00728. The maximum atomic E-state index is 13.2. The molecule has 2 aliphatic rings. The molecule has 0 aromatic heterocycles. The largest absolute Gasteiger partial charge is 0.493 e. The number of piperidine rings is 1. The van der Waals surface area contributed by atoms with Gasteiger partial charge in [-0.2, -0.15) is 13.2 Å². The van der Waals surface area contributed by atoms with Crippen LogP contribution in [0.4, 0.5) is 13.2 Å². The molecule has 4 nitrogen and oxygen atoms in total. The summed E-state index contributed by atoms with van der Waals surface area (Å²) in [5.41, 5.74) is -1.01. The van der Waals surface area contributed by atoms with Crippen molar-refractivity contribution in [2.24, 2.45) is 0 Å². The van der Waals surface area contributed by atoms with E-state index in [0.717, 1.165) is 36.0 Å². The van der Waals surface area contributed by atoms with Crippen molar-refractivity contribution in [2.75, 3.05) is 26.7 Å². The van der Waals surface area contributed by atoms with Gasteiger partial charge in [-0.15, -0.1) is 0 Å².